The summed E-state index contributed by atoms with van der Waals surface area (Å²) in [6.45, 7) is 0. The first-order chi connectivity index (χ1) is 27.3. The van der Waals surface area contributed by atoms with Gasteiger partial charge in [-0.1, -0.05) is 194 Å². The molecule has 1 heteroatoms. The van der Waals surface area contributed by atoms with E-state index in [1.165, 1.54) is 77.9 Å². The second-order valence-corrected chi connectivity index (χ2v) is 15.1. The second-order valence-electron chi connectivity index (χ2n) is 15.1. The molecule has 12 rings (SSSR count). The average molecular weight is 699 g/mol. The highest BCUT2D eigenvalue weighted by Gasteiger charge is 2.60. The highest BCUT2D eigenvalue weighted by molar-refractivity contribution is 5.98. The largest absolute Gasteiger partial charge is 0.456 e. The Morgan fingerprint density at radius 3 is 1.36 bits per heavy atom. The van der Waals surface area contributed by atoms with E-state index < -0.39 is 10.8 Å². The predicted molar refractivity (Wildman–Crippen MR) is 223 cm³/mol. The van der Waals surface area contributed by atoms with Crippen molar-refractivity contribution in [1.82, 2.24) is 0 Å². The van der Waals surface area contributed by atoms with E-state index >= 15 is 0 Å². The second kappa shape index (κ2) is 11.3. The zero-order valence-electron chi connectivity index (χ0n) is 30.0. The van der Waals surface area contributed by atoms with E-state index in [2.05, 4.69) is 188 Å². The van der Waals surface area contributed by atoms with Crippen molar-refractivity contribution in [3.63, 3.8) is 0 Å². The predicted octanol–water partition coefficient (Wildman–Crippen LogP) is 13.3. The zero-order valence-corrected chi connectivity index (χ0v) is 30.0. The van der Waals surface area contributed by atoms with Gasteiger partial charge in [-0.15, -0.1) is 0 Å². The summed E-state index contributed by atoms with van der Waals surface area (Å²) in [5.74, 6) is 1.74. The lowest BCUT2D eigenvalue weighted by Gasteiger charge is -2.48. The third-order valence-electron chi connectivity index (χ3n) is 12.6. The van der Waals surface area contributed by atoms with Gasteiger partial charge in [0, 0.05) is 11.1 Å². The van der Waals surface area contributed by atoms with Gasteiger partial charge in [0.1, 0.15) is 11.5 Å². The standard InChI is InChI=1S/C54H34O/c1-3-15-36(16-4-1)49-33-34-50(55-49)37-31-29-35(30-32-37)39-21-13-22-42-40-19-8-10-25-45(40)54(51(39)42)47-27-12-11-26-46(47)53(38-17-5-2-6-18-38)44-24-9-7-20-41(44)43-23-14-28-48(54)52(43)53/h1-34H. The van der Waals surface area contributed by atoms with Crippen LogP contribution in [0.4, 0.5) is 0 Å². The summed E-state index contributed by atoms with van der Waals surface area (Å²) in [5, 5.41) is 0. The molecule has 2 atom stereocenters. The monoisotopic (exact) mass is 698 g/mol. The summed E-state index contributed by atoms with van der Waals surface area (Å²) in [5.41, 5.74) is 19.6. The van der Waals surface area contributed by atoms with Gasteiger partial charge in [-0.05, 0) is 90.0 Å². The van der Waals surface area contributed by atoms with E-state index in [4.69, 9.17) is 4.42 Å². The van der Waals surface area contributed by atoms with E-state index in [0.717, 1.165) is 22.6 Å². The fourth-order valence-electron chi connectivity index (χ4n) is 10.6. The van der Waals surface area contributed by atoms with Crippen molar-refractivity contribution in [2.45, 2.75) is 10.8 Å². The number of hydrogen-bond donors (Lipinski definition) is 0. The van der Waals surface area contributed by atoms with Crippen molar-refractivity contribution >= 4 is 0 Å². The topological polar surface area (TPSA) is 13.1 Å². The minimum atomic E-state index is -0.547. The molecule has 256 valence electrons. The van der Waals surface area contributed by atoms with Crippen LogP contribution in [0.5, 0.6) is 0 Å². The third-order valence-corrected chi connectivity index (χ3v) is 12.6. The van der Waals surface area contributed by atoms with Gasteiger partial charge >= 0.3 is 0 Å². The zero-order chi connectivity index (χ0) is 36.1. The number of rotatable bonds is 4. The van der Waals surface area contributed by atoms with E-state index in [1.807, 2.05) is 18.2 Å². The van der Waals surface area contributed by atoms with Crippen LogP contribution >= 0.6 is 0 Å². The summed E-state index contributed by atoms with van der Waals surface area (Å²) in [7, 11) is 0. The Bertz CT molecular complexity index is 2970. The molecule has 1 nitrogen and oxygen atoms in total. The molecule has 9 aromatic rings. The minimum Gasteiger partial charge on any atom is -0.456 e. The normalized spacial score (nSPS) is 18.0. The highest BCUT2D eigenvalue weighted by Crippen LogP contribution is 2.69. The van der Waals surface area contributed by atoms with Crippen LogP contribution in [0.25, 0.3) is 56.0 Å². The van der Waals surface area contributed by atoms with E-state index in [-0.39, 0.29) is 0 Å². The van der Waals surface area contributed by atoms with Crippen LogP contribution in [0.3, 0.4) is 0 Å². The van der Waals surface area contributed by atoms with Crippen LogP contribution in [-0.2, 0) is 10.8 Å². The number of benzene rings is 8. The molecule has 1 heterocycles. The van der Waals surface area contributed by atoms with Crippen LogP contribution in [0, 0.1) is 0 Å². The third kappa shape index (κ3) is 3.87. The molecule has 3 aliphatic rings. The van der Waals surface area contributed by atoms with Crippen LogP contribution < -0.4 is 0 Å². The van der Waals surface area contributed by atoms with E-state index in [0.29, 0.717) is 0 Å². The molecule has 1 aromatic heterocycles. The Morgan fingerprint density at radius 2 is 0.691 bits per heavy atom. The Kier molecular flexibility index (Phi) is 6.25. The summed E-state index contributed by atoms with van der Waals surface area (Å²) >= 11 is 0. The first kappa shape index (κ1) is 30.5. The molecular weight excluding hydrogens is 665 g/mol. The van der Waals surface area contributed by atoms with Gasteiger partial charge in [-0.25, -0.2) is 0 Å². The molecular formula is C54H34O. The molecule has 0 saturated heterocycles. The molecule has 0 radical (unpaired) electrons. The molecule has 2 unspecified atom stereocenters. The van der Waals surface area contributed by atoms with Crippen LogP contribution in [0.15, 0.2) is 211 Å². The van der Waals surface area contributed by atoms with Crippen LogP contribution in [0.1, 0.15) is 44.5 Å². The SMILES string of the molecule is c1ccc(-c2ccc(-c3ccc(-c4cccc5c4C4(c6ccccc6-5)c5ccccc5C5(c6ccccc6)c6ccccc6-c6cccc4c65)cc3)o2)cc1. The van der Waals surface area contributed by atoms with Crippen molar-refractivity contribution < 1.29 is 4.42 Å². The fourth-order valence-corrected chi connectivity index (χ4v) is 10.6. The molecule has 1 spiro atoms. The van der Waals surface area contributed by atoms with Gasteiger partial charge in [0.05, 0.1) is 10.8 Å². The number of hydrogen-bond acceptors (Lipinski definition) is 1. The van der Waals surface area contributed by atoms with Crippen molar-refractivity contribution in [2.75, 3.05) is 0 Å². The van der Waals surface area contributed by atoms with E-state index in [1.54, 1.807) is 0 Å². The molecule has 3 aliphatic carbocycles. The quantitative estimate of drug-likeness (QED) is 0.178. The highest BCUT2D eigenvalue weighted by atomic mass is 16.3. The van der Waals surface area contributed by atoms with Gasteiger partial charge in [0.25, 0.3) is 0 Å². The maximum absolute atomic E-state index is 6.39. The van der Waals surface area contributed by atoms with Gasteiger partial charge in [0.15, 0.2) is 0 Å². The minimum absolute atomic E-state index is 0.457. The summed E-state index contributed by atoms with van der Waals surface area (Å²) in [6.07, 6.45) is 0. The maximum Gasteiger partial charge on any atom is 0.134 e. The number of fused-ring (bicyclic) bond motifs is 12. The lowest BCUT2D eigenvalue weighted by atomic mass is 9.52. The van der Waals surface area contributed by atoms with Crippen LogP contribution in [-0.4, -0.2) is 0 Å². The first-order valence-corrected chi connectivity index (χ1v) is 19.2. The van der Waals surface area contributed by atoms with Gasteiger partial charge in [0.2, 0.25) is 0 Å². The molecule has 0 saturated carbocycles. The Morgan fingerprint density at radius 1 is 0.255 bits per heavy atom. The molecule has 0 aliphatic heterocycles. The average Bonchev–Trinajstić information content (AvgIpc) is 3.96. The number of furan rings is 1. The molecule has 8 aromatic carbocycles. The smallest absolute Gasteiger partial charge is 0.134 e. The van der Waals surface area contributed by atoms with Gasteiger partial charge in [-0.2, -0.15) is 0 Å². The van der Waals surface area contributed by atoms with E-state index in [9.17, 15) is 0 Å². The van der Waals surface area contributed by atoms with Gasteiger partial charge < -0.3 is 4.42 Å². The Labute approximate surface area is 320 Å². The lowest BCUT2D eigenvalue weighted by Crippen LogP contribution is -2.43. The van der Waals surface area contributed by atoms with Gasteiger partial charge in [-0.3, -0.25) is 0 Å². The van der Waals surface area contributed by atoms with Crippen molar-refractivity contribution in [2.24, 2.45) is 0 Å². The molecule has 0 amide bonds. The molecule has 55 heavy (non-hydrogen) atoms. The maximum atomic E-state index is 6.39. The first-order valence-electron chi connectivity index (χ1n) is 19.2. The van der Waals surface area contributed by atoms with Crippen molar-refractivity contribution in [3.05, 3.63) is 251 Å². The summed E-state index contributed by atoms with van der Waals surface area (Å²) in [6, 6.07) is 76.2. The van der Waals surface area contributed by atoms with Crippen LogP contribution in [0.2, 0.25) is 0 Å². The molecule has 0 N–H and O–H groups in total. The van der Waals surface area contributed by atoms with Crippen molar-refractivity contribution in [1.29, 1.82) is 0 Å². The Hall–Kier alpha value is -6.96. The van der Waals surface area contributed by atoms with Crippen molar-refractivity contribution in [3.8, 4) is 56.0 Å². The lowest BCUT2D eigenvalue weighted by molar-refractivity contribution is 0.597. The fraction of sp³-hybridized carbons (Fsp3) is 0.0370. The molecule has 0 fully saturated rings. The molecule has 0 bridgehead atoms. The Balaban J connectivity index is 1.14. The summed E-state index contributed by atoms with van der Waals surface area (Å²) < 4.78 is 6.39. The summed E-state index contributed by atoms with van der Waals surface area (Å²) in [4.78, 5) is 0.